The Morgan fingerprint density at radius 1 is 1.12 bits per heavy atom. The molecule has 0 atom stereocenters. The van der Waals surface area contributed by atoms with Crippen LogP contribution in [-0.2, 0) is 18.3 Å². The van der Waals surface area contributed by atoms with Gasteiger partial charge in [-0.1, -0.05) is 66.5 Å². The molecule has 6 nitrogen and oxygen atoms in total. The second kappa shape index (κ2) is 8.64. The van der Waals surface area contributed by atoms with E-state index in [9.17, 15) is 14.7 Å². The molecule has 1 aliphatic rings. The minimum absolute atomic E-state index is 0.0972. The zero-order valence-corrected chi connectivity index (χ0v) is 19.2. The molecule has 1 saturated heterocycles. The molecule has 4 rings (SSSR count). The number of rotatable bonds is 5. The molecule has 3 aromatic rings. The first-order valence-electron chi connectivity index (χ1n) is 9.89. The Hall–Kier alpha value is -3.36. The number of anilines is 1. The van der Waals surface area contributed by atoms with E-state index in [-0.39, 0.29) is 27.2 Å². The van der Waals surface area contributed by atoms with Gasteiger partial charge in [0.15, 0.2) is 4.32 Å². The van der Waals surface area contributed by atoms with Crippen molar-refractivity contribution < 1.29 is 9.90 Å². The second-order valence-corrected chi connectivity index (χ2v) is 8.95. The molecular formula is C24H21N3O3S2. The third kappa shape index (κ3) is 3.61. The van der Waals surface area contributed by atoms with E-state index in [2.05, 4.69) is 6.58 Å². The number of amides is 1. The van der Waals surface area contributed by atoms with Gasteiger partial charge in [0.1, 0.15) is 11.4 Å². The molecule has 1 amide bonds. The minimum Gasteiger partial charge on any atom is -0.507 e. The van der Waals surface area contributed by atoms with Gasteiger partial charge in [0.2, 0.25) is 0 Å². The number of nitrogens with zero attached hydrogens (tertiary/aromatic N) is 3. The van der Waals surface area contributed by atoms with Crippen LogP contribution < -0.4 is 10.5 Å². The smallest absolute Gasteiger partial charge is 0.296 e. The second-order valence-electron chi connectivity index (χ2n) is 7.28. The van der Waals surface area contributed by atoms with Crippen molar-refractivity contribution in [2.24, 2.45) is 7.05 Å². The highest BCUT2D eigenvalue weighted by Gasteiger charge is 2.37. The highest BCUT2D eigenvalue weighted by Crippen LogP contribution is 2.37. The fourth-order valence-corrected chi connectivity index (χ4v) is 4.92. The molecule has 0 unspecified atom stereocenters. The van der Waals surface area contributed by atoms with Crippen molar-refractivity contribution in [3.8, 4) is 11.4 Å². The zero-order chi connectivity index (χ0) is 23.0. The van der Waals surface area contributed by atoms with Crippen LogP contribution in [0.2, 0.25) is 0 Å². The predicted molar refractivity (Wildman–Crippen MR) is 133 cm³/mol. The standard InChI is InChI=1S/C24H21N3O3S2/c1-4-9-16-10-8-11-17(21(16)28)14-19-22(29)26(24(31)32-19)20-15(2)25(3)27(23(20)30)18-12-6-5-7-13-18/h4-8,10-14,28H,1,9H2,2-3H3. The van der Waals surface area contributed by atoms with Crippen molar-refractivity contribution >= 4 is 46.0 Å². The highest BCUT2D eigenvalue weighted by atomic mass is 32.2. The first-order valence-corrected chi connectivity index (χ1v) is 11.1. The SMILES string of the molecule is C=CCc1cccc(C=C2SC(=S)N(c3c(C)n(C)n(-c4ccccc4)c3=O)C2=O)c1O. The van der Waals surface area contributed by atoms with Gasteiger partial charge in [0.25, 0.3) is 11.5 Å². The van der Waals surface area contributed by atoms with Crippen molar-refractivity contribution in [2.45, 2.75) is 13.3 Å². The molecule has 1 aliphatic heterocycles. The Labute approximate surface area is 195 Å². The predicted octanol–water partition coefficient (Wildman–Crippen LogP) is 4.32. The van der Waals surface area contributed by atoms with E-state index < -0.39 is 0 Å². The highest BCUT2D eigenvalue weighted by molar-refractivity contribution is 8.27. The Morgan fingerprint density at radius 2 is 1.84 bits per heavy atom. The summed E-state index contributed by atoms with van der Waals surface area (Å²) in [5.74, 6) is -0.292. The fourth-order valence-electron chi connectivity index (χ4n) is 3.66. The zero-order valence-electron chi connectivity index (χ0n) is 17.6. The molecule has 1 N–H and O–H groups in total. The van der Waals surface area contributed by atoms with Crippen LogP contribution in [0.4, 0.5) is 5.69 Å². The molecule has 162 valence electrons. The molecule has 8 heteroatoms. The van der Waals surface area contributed by atoms with E-state index in [0.29, 0.717) is 33.8 Å². The third-order valence-electron chi connectivity index (χ3n) is 5.34. The maximum absolute atomic E-state index is 13.3. The Kier molecular flexibility index (Phi) is 5.90. The van der Waals surface area contributed by atoms with Crippen molar-refractivity contribution in [2.75, 3.05) is 4.90 Å². The topological polar surface area (TPSA) is 67.5 Å². The van der Waals surface area contributed by atoms with Crippen molar-refractivity contribution in [1.82, 2.24) is 9.36 Å². The molecule has 1 fully saturated rings. The fraction of sp³-hybridized carbons (Fsp3) is 0.125. The Bertz CT molecular complexity index is 1340. The molecule has 1 aromatic heterocycles. The summed E-state index contributed by atoms with van der Waals surface area (Å²) in [4.78, 5) is 28.3. The summed E-state index contributed by atoms with van der Waals surface area (Å²) in [5, 5.41) is 10.6. The van der Waals surface area contributed by atoms with Crippen LogP contribution >= 0.6 is 24.0 Å². The lowest BCUT2D eigenvalue weighted by Gasteiger charge is -2.12. The van der Waals surface area contributed by atoms with Gasteiger partial charge in [-0.2, -0.15) is 0 Å². The normalized spacial score (nSPS) is 15.1. The maximum Gasteiger partial charge on any atom is 0.296 e. The van der Waals surface area contributed by atoms with Crippen LogP contribution in [0.15, 0.2) is 70.9 Å². The van der Waals surface area contributed by atoms with Gasteiger partial charge in [-0.25, -0.2) is 4.68 Å². The van der Waals surface area contributed by atoms with E-state index in [0.717, 1.165) is 11.8 Å². The minimum atomic E-state index is -0.389. The number of phenolic OH excluding ortho intramolecular Hbond substituents is 1. The summed E-state index contributed by atoms with van der Waals surface area (Å²) in [6.45, 7) is 5.48. The van der Waals surface area contributed by atoms with Crippen LogP contribution in [0, 0.1) is 6.92 Å². The Balaban J connectivity index is 1.77. The van der Waals surface area contributed by atoms with Gasteiger partial charge in [-0.05, 0) is 37.1 Å². The molecule has 0 spiro atoms. The number of benzene rings is 2. The van der Waals surface area contributed by atoms with Gasteiger partial charge in [-0.15, -0.1) is 6.58 Å². The average molecular weight is 464 g/mol. The van der Waals surface area contributed by atoms with Gasteiger partial charge >= 0.3 is 0 Å². The molecule has 0 radical (unpaired) electrons. The number of carbonyl (C=O) groups excluding carboxylic acids is 1. The van der Waals surface area contributed by atoms with Gasteiger partial charge < -0.3 is 5.11 Å². The summed E-state index contributed by atoms with van der Waals surface area (Å²) in [6.07, 6.45) is 3.82. The molecular weight excluding hydrogens is 442 g/mol. The van der Waals surface area contributed by atoms with Crippen molar-refractivity contribution in [3.63, 3.8) is 0 Å². The number of carbonyl (C=O) groups is 1. The van der Waals surface area contributed by atoms with E-state index in [1.165, 1.54) is 9.58 Å². The lowest BCUT2D eigenvalue weighted by atomic mass is 10.1. The monoisotopic (exact) mass is 463 g/mol. The van der Waals surface area contributed by atoms with Gasteiger partial charge in [0.05, 0.1) is 16.3 Å². The van der Waals surface area contributed by atoms with E-state index in [1.54, 1.807) is 42.9 Å². The molecule has 32 heavy (non-hydrogen) atoms. The van der Waals surface area contributed by atoms with E-state index >= 15 is 0 Å². The number of para-hydroxylation sites is 2. The number of thioether (sulfide) groups is 1. The third-order valence-corrected chi connectivity index (χ3v) is 6.64. The van der Waals surface area contributed by atoms with Crippen LogP contribution in [0.3, 0.4) is 0 Å². The molecule has 0 aliphatic carbocycles. The summed E-state index contributed by atoms with van der Waals surface area (Å²) in [6, 6.07) is 14.6. The molecule has 0 bridgehead atoms. The number of hydrogen-bond donors (Lipinski definition) is 1. The maximum atomic E-state index is 13.3. The number of allylic oxidation sites excluding steroid dienone is 1. The lowest BCUT2D eigenvalue weighted by Crippen LogP contribution is -2.33. The lowest BCUT2D eigenvalue weighted by molar-refractivity contribution is -0.113. The Morgan fingerprint density at radius 3 is 2.53 bits per heavy atom. The summed E-state index contributed by atoms with van der Waals surface area (Å²) in [7, 11) is 1.77. The van der Waals surface area contributed by atoms with Crippen molar-refractivity contribution in [1.29, 1.82) is 0 Å². The van der Waals surface area contributed by atoms with E-state index in [1.807, 2.05) is 36.4 Å². The largest absolute Gasteiger partial charge is 0.507 e. The van der Waals surface area contributed by atoms with Crippen LogP contribution in [-0.4, -0.2) is 24.7 Å². The van der Waals surface area contributed by atoms with Crippen LogP contribution in [0.25, 0.3) is 11.8 Å². The number of hydrogen-bond acceptors (Lipinski definition) is 5. The first-order chi connectivity index (χ1) is 15.3. The summed E-state index contributed by atoms with van der Waals surface area (Å²) >= 11 is 6.58. The number of aromatic hydroxyl groups is 1. The average Bonchev–Trinajstić information content (AvgIpc) is 3.17. The molecule has 2 aromatic carbocycles. The van der Waals surface area contributed by atoms with Crippen LogP contribution in [0.1, 0.15) is 16.8 Å². The molecule has 2 heterocycles. The first kappa shape index (κ1) is 21.9. The summed E-state index contributed by atoms with van der Waals surface area (Å²) in [5.41, 5.74) is 2.44. The van der Waals surface area contributed by atoms with Crippen LogP contribution in [0.5, 0.6) is 5.75 Å². The number of thiocarbonyl (C=S) groups is 1. The van der Waals surface area contributed by atoms with Crippen molar-refractivity contribution in [3.05, 3.63) is 93.3 Å². The quantitative estimate of drug-likeness (QED) is 0.347. The van der Waals surface area contributed by atoms with E-state index in [4.69, 9.17) is 12.2 Å². The number of aromatic nitrogens is 2. The van der Waals surface area contributed by atoms with Gasteiger partial charge in [0, 0.05) is 12.6 Å². The molecule has 0 saturated carbocycles. The summed E-state index contributed by atoms with van der Waals surface area (Å²) < 4.78 is 3.49. The van der Waals surface area contributed by atoms with Gasteiger partial charge in [-0.3, -0.25) is 19.2 Å². The number of phenols is 1.